The van der Waals surface area contributed by atoms with Crippen molar-refractivity contribution in [2.24, 2.45) is 5.73 Å². The maximum atomic E-state index is 5.86. The van der Waals surface area contributed by atoms with Gasteiger partial charge in [0.05, 0.1) is 19.9 Å². The second kappa shape index (κ2) is 5.89. The number of hydrogen-bond donors (Lipinski definition) is 1. The molecule has 2 N–H and O–H groups in total. The molecule has 0 bridgehead atoms. The van der Waals surface area contributed by atoms with Gasteiger partial charge in [0.15, 0.2) is 0 Å². The van der Waals surface area contributed by atoms with Gasteiger partial charge in [-0.3, -0.25) is 0 Å². The fraction of sp³-hybridized carbons (Fsp3) is 0.308. The van der Waals surface area contributed by atoms with Crippen LogP contribution in [0.5, 0.6) is 5.88 Å². The third-order valence-electron chi connectivity index (χ3n) is 2.71. The van der Waals surface area contributed by atoms with Crippen LogP contribution in [0.1, 0.15) is 11.1 Å². The summed E-state index contributed by atoms with van der Waals surface area (Å²) in [5, 5.41) is 5.06. The minimum atomic E-state index is 0.586. The second-order valence-electron chi connectivity index (χ2n) is 4.00. The van der Waals surface area contributed by atoms with Crippen LogP contribution in [0.15, 0.2) is 30.5 Å². The lowest BCUT2D eigenvalue weighted by Gasteiger charge is -2.08. The molecule has 0 unspecified atom stereocenters. The van der Waals surface area contributed by atoms with Crippen molar-refractivity contribution in [1.82, 2.24) is 9.78 Å². The van der Waals surface area contributed by atoms with Gasteiger partial charge < -0.3 is 10.5 Å². The standard InChI is InChI=1S/C13H16ClN3O/c1-18-13-11(6-7-15)8-16-17(13)9-10-2-4-12(14)5-3-10/h2-5,8H,6-7,9,15H2,1H3. The van der Waals surface area contributed by atoms with E-state index in [4.69, 9.17) is 22.1 Å². The van der Waals surface area contributed by atoms with Gasteiger partial charge in [-0.25, -0.2) is 4.68 Å². The molecule has 18 heavy (non-hydrogen) atoms. The van der Waals surface area contributed by atoms with Gasteiger partial charge in [0.25, 0.3) is 0 Å². The zero-order valence-electron chi connectivity index (χ0n) is 10.3. The summed E-state index contributed by atoms with van der Waals surface area (Å²) in [7, 11) is 1.65. The first-order valence-corrected chi connectivity index (χ1v) is 6.15. The van der Waals surface area contributed by atoms with Crippen LogP contribution in [0.2, 0.25) is 5.02 Å². The molecule has 0 fully saturated rings. The first-order chi connectivity index (χ1) is 8.74. The van der Waals surface area contributed by atoms with Crippen LogP contribution in [0.3, 0.4) is 0 Å². The number of nitrogens with two attached hydrogens (primary N) is 1. The van der Waals surface area contributed by atoms with E-state index < -0.39 is 0 Å². The van der Waals surface area contributed by atoms with Crippen molar-refractivity contribution in [3.63, 3.8) is 0 Å². The first kappa shape index (κ1) is 12.9. The number of rotatable bonds is 5. The van der Waals surface area contributed by atoms with E-state index in [0.29, 0.717) is 13.1 Å². The molecule has 0 saturated carbocycles. The highest BCUT2D eigenvalue weighted by molar-refractivity contribution is 6.30. The van der Waals surface area contributed by atoms with E-state index >= 15 is 0 Å². The van der Waals surface area contributed by atoms with Crippen molar-refractivity contribution >= 4 is 11.6 Å². The fourth-order valence-electron chi connectivity index (χ4n) is 1.85. The minimum absolute atomic E-state index is 0.586. The van der Waals surface area contributed by atoms with Crippen LogP contribution in [0, 0.1) is 0 Å². The highest BCUT2D eigenvalue weighted by Crippen LogP contribution is 2.20. The lowest BCUT2D eigenvalue weighted by molar-refractivity contribution is 0.363. The maximum Gasteiger partial charge on any atom is 0.215 e. The van der Waals surface area contributed by atoms with Crippen molar-refractivity contribution in [2.75, 3.05) is 13.7 Å². The summed E-state index contributed by atoms with van der Waals surface area (Å²) >= 11 is 5.86. The van der Waals surface area contributed by atoms with Gasteiger partial charge in [-0.15, -0.1) is 0 Å². The molecule has 0 spiro atoms. The average molecular weight is 266 g/mol. The molecule has 1 aromatic heterocycles. The Bertz CT molecular complexity index is 507. The molecule has 0 saturated heterocycles. The highest BCUT2D eigenvalue weighted by atomic mass is 35.5. The summed E-state index contributed by atoms with van der Waals surface area (Å²) in [5.74, 6) is 0.774. The van der Waals surface area contributed by atoms with Gasteiger partial charge in [-0.2, -0.15) is 5.10 Å². The topological polar surface area (TPSA) is 53.1 Å². The number of methoxy groups -OCH3 is 1. The van der Waals surface area contributed by atoms with Crippen LogP contribution in [-0.4, -0.2) is 23.4 Å². The van der Waals surface area contributed by atoms with Crippen molar-refractivity contribution in [1.29, 1.82) is 0 Å². The summed E-state index contributed by atoms with van der Waals surface area (Å²) in [5.41, 5.74) is 7.72. The van der Waals surface area contributed by atoms with E-state index in [2.05, 4.69) is 5.10 Å². The predicted molar refractivity (Wildman–Crippen MR) is 72.1 cm³/mol. The predicted octanol–water partition coefficient (Wildman–Crippen LogP) is 2.09. The zero-order chi connectivity index (χ0) is 13.0. The second-order valence-corrected chi connectivity index (χ2v) is 4.44. The van der Waals surface area contributed by atoms with E-state index in [9.17, 15) is 0 Å². The van der Waals surface area contributed by atoms with Crippen LogP contribution in [-0.2, 0) is 13.0 Å². The Morgan fingerprint density at radius 2 is 2.06 bits per heavy atom. The zero-order valence-corrected chi connectivity index (χ0v) is 11.0. The quantitative estimate of drug-likeness (QED) is 0.901. The average Bonchev–Trinajstić information content (AvgIpc) is 2.75. The summed E-state index contributed by atoms with van der Waals surface area (Å²) < 4.78 is 7.21. The number of nitrogens with zero attached hydrogens (tertiary/aromatic N) is 2. The van der Waals surface area contributed by atoms with Gasteiger partial charge >= 0.3 is 0 Å². The van der Waals surface area contributed by atoms with E-state index in [1.807, 2.05) is 35.1 Å². The van der Waals surface area contributed by atoms with Gasteiger partial charge in [0.1, 0.15) is 0 Å². The Labute approximate surface area is 111 Å². The third-order valence-corrected chi connectivity index (χ3v) is 2.97. The number of ether oxygens (including phenoxy) is 1. The lowest BCUT2D eigenvalue weighted by atomic mass is 10.2. The molecule has 5 heteroatoms. The van der Waals surface area contributed by atoms with Crippen molar-refractivity contribution < 1.29 is 4.74 Å². The van der Waals surface area contributed by atoms with Crippen molar-refractivity contribution in [3.05, 3.63) is 46.6 Å². The van der Waals surface area contributed by atoms with E-state index in [1.165, 1.54) is 0 Å². The lowest BCUT2D eigenvalue weighted by Crippen LogP contribution is -2.07. The molecule has 2 aromatic rings. The Hall–Kier alpha value is -1.52. The summed E-state index contributed by atoms with van der Waals surface area (Å²) in [4.78, 5) is 0. The number of halogens is 1. The first-order valence-electron chi connectivity index (χ1n) is 5.77. The number of hydrogen-bond acceptors (Lipinski definition) is 3. The van der Waals surface area contributed by atoms with E-state index in [0.717, 1.165) is 28.5 Å². The Morgan fingerprint density at radius 1 is 1.33 bits per heavy atom. The molecule has 0 aliphatic heterocycles. The van der Waals surface area contributed by atoms with Crippen LogP contribution in [0.4, 0.5) is 0 Å². The van der Waals surface area contributed by atoms with E-state index in [-0.39, 0.29) is 0 Å². The van der Waals surface area contributed by atoms with E-state index in [1.54, 1.807) is 7.11 Å². The molecule has 0 atom stereocenters. The molecule has 0 aliphatic carbocycles. The Kier molecular flexibility index (Phi) is 4.23. The molecule has 2 rings (SSSR count). The molecule has 96 valence electrons. The van der Waals surface area contributed by atoms with Crippen LogP contribution >= 0.6 is 11.6 Å². The normalized spacial score (nSPS) is 10.6. The summed E-state index contributed by atoms with van der Waals surface area (Å²) in [6, 6.07) is 7.69. The molecule has 4 nitrogen and oxygen atoms in total. The number of benzene rings is 1. The van der Waals surface area contributed by atoms with Gasteiger partial charge in [0.2, 0.25) is 5.88 Å². The van der Waals surface area contributed by atoms with Gasteiger partial charge in [0, 0.05) is 10.6 Å². The molecule has 1 aromatic carbocycles. The SMILES string of the molecule is COc1c(CCN)cnn1Cc1ccc(Cl)cc1. The molecular formula is C13H16ClN3O. The summed E-state index contributed by atoms with van der Waals surface area (Å²) in [6.45, 7) is 1.24. The van der Waals surface area contributed by atoms with Crippen LogP contribution in [0.25, 0.3) is 0 Å². The molecule has 0 radical (unpaired) electrons. The van der Waals surface area contributed by atoms with Gasteiger partial charge in [-0.1, -0.05) is 23.7 Å². The minimum Gasteiger partial charge on any atom is -0.481 e. The molecule has 0 amide bonds. The molecule has 0 aliphatic rings. The molecular weight excluding hydrogens is 250 g/mol. The van der Waals surface area contributed by atoms with Crippen LogP contribution < -0.4 is 10.5 Å². The number of aromatic nitrogens is 2. The maximum absolute atomic E-state index is 5.86. The van der Waals surface area contributed by atoms with Crippen molar-refractivity contribution in [3.8, 4) is 5.88 Å². The fourth-order valence-corrected chi connectivity index (χ4v) is 1.98. The highest BCUT2D eigenvalue weighted by Gasteiger charge is 2.10. The Morgan fingerprint density at radius 3 is 2.67 bits per heavy atom. The summed E-state index contributed by atoms with van der Waals surface area (Å²) in [6.07, 6.45) is 2.57. The Balaban J connectivity index is 2.20. The van der Waals surface area contributed by atoms with Crippen molar-refractivity contribution in [2.45, 2.75) is 13.0 Å². The largest absolute Gasteiger partial charge is 0.481 e. The molecule has 1 heterocycles. The van der Waals surface area contributed by atoms with Gasteiger partial charge in [-0.05, 0) is 30.7 Å². The third kappa shape index (κ3) is 2.83. The smallest absolute Gasteiger partial charge is 0.215 e. The monoisotopic (exact) mass is 265 g/mol.